The smallest absolute Gasteiger partial charge is 0.339 e. The lowest BCUT2D eigenvalue weighted by molar-refractivity contribution is 0.0696. The van der Waals surface area contributed by atoms with Crippen molar-refractivity contribution in [2.75, 3.05) is 18.5 Å². The van der Waals surface area contributed by atoms with E-state index in [4.69, 9.17) is 5.11 Å². The van der Waals surface area contributed by atoms with Crippen LogP contribution in [0.15, 0.2) is 12.3 Å². The van der Waals surface area contributed by atoms with Crippen molar-refractivity contribution in [3.05, 3.63) is 23.6 Å². The molecule has 0 amide bonds. The zero-order valence-electron chi connectivity index (χ0n) is 10.3. The second-order valence-corrected chi connectivity index (χ2v) is 4.43. The van der Waals surface area contributed by atoms with Crippen molar-refractivity contribution in [2.45, 2.75) is 20.3 Å². The molecule has 0 unspecified atom stereocenters. The van der Waals surface area contributed by atoms with Gasteiger partial charge in [0.15, 0.2) is 0 Å². The first kappa shape index (κ1) is 13.4. The predicted molar refractivity (Wildman–Crippen MR) is 63.9 cm³/mol. The third kappa shape index (κ3) is 3.69. The highest BCUT2D eigenvalue weighted by Gasteiger charge is 2.16. The number of carboxylic acids is 1. The lowest BCUT2D eigenvalue weighted by atomic mass is 10.1. The molecule has 94 valence electrons. The average molecular weight is 240 g/mol. The minimum Gasteiger partial charge on any atom is -0.478 e. The van der Waals surface area contributed by atoms with Gasteiger partial charge in [-0.2, -0.15) is 0 Å². The molecular weight excluding hydrogens is 223 g/mol. The molecule has 0 spiro atoms. The van der Waals surface area contributed by atoms with E-state index in [1.807, 2.05) is 0 Å². The second-order valence-electron chi connectivity index (χ2n) is 4.43. The summed E-state index contributed by atoms with van der Waals surface area (Å²) in [5.41, 5.74) is -0.101. The Morgan fingerprint density at radius 2 is 2.24 bits per heavy atom. The number of pyridine rings is 1. The Morgan fingerprint density at radius 1 is 1.59 bits per heavy atom. The van der Waals surface area contributed by atoms with Gasteiger partial charge in [0.05, 0.1) is 6.20 Å². The molecule has 0 aromatic carbocycles. The fourth-order valence-electron chi connectivity index (χ4n) is 1.45. The summed E-state index contributed by atoms with van der Waals surface area (Å²) in [6.07, 6.45) is 1.96. The summed E-state index contributed by atoms with van der Waals surface area (Å²) in [6.45, 7) is 4.87. The van der Waals surface area contributed by atoms with E-state index in [1.54, 1.807) is 11.9 Å². The van der Waals surface area contributed by atoms with E-state index in [0.717, 1.165) is 18.7 Å². The summed E-state index contributed by atoms with van der Waals surface area (Å²) in [7, 11) is 1.76. The first-order valence-electron chi connectivity index (χ1n) is 5.51. The van der Waals surface area contributed by atoms with Gasteiger partial charge in [-0.3, -0.25) is 0 Å². The molecule has 0 aliphatic heterocycles. The van der Waals surface area contributed by atoms with Gasteiger partial charge < -0.3 is 10.0 Å². The normalized spacial score (nSPS) is 10.6. The van der Waals surface area contributed by atoms with E-state index in [2.05, 4.69) is 18.8 Å². The van der Waals surface area contributed by atoms with Gasteiger partial charge >= 0.3 is 5.97 Å². The van der Waals surface area contributed by atoms with Gasteiger partial charge in [0, 0.05) is 13.6 Å². The first-order valence-corrected chi connectivity index (χ1v) is 5.51. The minimum atomic E-state index is -1.16. The standard InChI is InChI=1S/C12H17FN2O2/c1-8(2)4-5-15(3)11-10(12(16)17)6-9(13)7-14-11/h6-8H,4-5H2,1-3H3,(H,16,17). The second kappa shape index (κ2) is 5.61. The van der Waals surface area contributed by atoms with Gasteiger partial charge in [0.25, 0.3) is 0 Å². The number of halogens is 1. The summed E-state index contributed by atoms with van der Waals surface area (Å²) in [5.74, 6) is -0.975. The van der Waals surface area contributed by atoms with Crippen molar-refractivity contribution in [3.63, 3.8) is 0 Å². The van der Waals surface area contributed by atoms with Crippen LogP contribution in [0.25, 0.3) is 0 Å². The molecule has 0 aliphatic carbocycles. The van der Waals surface area contributed by atoms with Gasteiger partial charge in [0.2, 0.25) is 0 Å². The highest BCUT2D eigenvalue weighted by Crippen LogP contribution is 2.18. The number of aromatic carboxylic acids is 1. The van der Waals surface area contributed by atoms with Gasteiger partial charge in [-0.25, -0.2) is 14.2 Å². The van der Waals surface area contributed by atoms with E-state index in [-0.39, 0.29) is 5.56 Å². The van der Waals surface area contributed by atoms with Crippen LogP contribution in [0.1, 0.15) is 30.6 Å². The summed E-state index contributed by atoms with van der Waals surface area (Å²) < 4.78 is 12.9. The zero-order valence-corrected chi connectivity index (χ0v) is 10.3. The van der Waals surface area contributed by atoms with Crippen molar-refractivity contribution < 1.29 is 14.3 Å². The number of anilines is 1. The largest absolute Gasteiger partial charge is 0.478 e. The fraction of sp³-hybridized carbons (Fsp3) is 0.500. The number of carbonyl (C=O) groups is 1. The highest BCUT2D eigenvalue weighted by molar-refractivity contribution is 5.93. The molecule has 1 aromatic heterocycles. The van der Waals surface area contributed by atoms with Crippen LogP contribution in [0.2, 0.25) is 0 Å². The Balaban J connectivity index is 2.92. The van der Waals surface area contributed by atoms with Gasteiger partial charge in [-0.05, 0) is 18.4 Å². The van der Waals surface area contributed by atoms with Crippen LogP contribution in [0, 0.1) is 11.7 Å². The molecule has 1 heterocycles. The highest BCUT2D eigenvalue weighted by atomic mass is 19.1. The molecule has 0 saturated carbocycles. The van der Waals surface area contributed by atoms with Crippen LogP contribution >= 0.6 is 0 Å². The summed E-state index contributed by atoms with van der Waals surface area (Å²) in [5, 5.41) is 8.98. The summed E-state index contributed by atoms with van der Waals surface area (Å²) in [4.78, 5) is 16.6. The van der Waals surface area contributed by atoms with Crippen molar-refractivity contribution >= 4 is 11.8 Å². The van der Waals surface area contributed by atoms with Gasteiger partial charge in [-0.1, -0.05) is 13.8 Å². The topological polar surface area (TPSA) is 53.4 Å². The van der Waals surface area contributed by atoms with Crippen LogP contribution in [-0.4, -0.2) is 29.7 Å². The molecule has 0 aliphatic rings. The quantitative estimate of drug-likeness (QED) is 0.858. The number of carboxylic acid groups (broad SMARTS) is 1. The summed E-state index contributed by atoms with van der Waals surface area (Å²) >= 11 is 0. The Hall–Kier alpha value is -1.65. The maximum Gasteiger partial charge on any atom is 0.339 e. The van der Waals surface area contributed by atoms with Crippen LogP contribution < -0.4 is 4.90 Å². The van der Waals surface area contributed by atoms with Crippen LogP contribution in [0.4, 0.5) is 10.2 Å². The first-order chi connectivity index (χ1) is 7.91. The molecule has 17 heavy (non-hydrogen) atoms. The molecule has 0 fully saturated rings. The third-order valence-corrected chi connectivity index (χ3v) is 2.47. The average Bonchev–Trinajstić information content (AvgIpc) is 2.25. The molecule has 4 nitrogen and oxygen atoms in total. The maximum absolute atomic E-state index is 12.9. The van der Waals surface area contributed by atoms with E-state index in [1.165, 1.54) is 0 Å². The van der Waals surface area contributed by atoms with E-state index in [0.29, 0.717) is 18.3 Å². The van der Waals surface area contributed by atoms with Gasteiger partial charge in [0.1, 0.15) is 17.2 Å². The number of nitrogens with zero attached hydrogens (tertiary/aromatic N) is 2. The number of rotatable bonds is 5. The van der Waals surface area contributed by atoms with Gasteiger partial charge in [-0.15, -0.1) is 0 Å². The molecule has 1 aromatic rings. The minimum absolute atomic E-state index is 0.101. The SMILES string of the molecule is CC(C)CCN(C)c1ncc(F)cc1C(=O)O. The molecule has 0 saturated heterocycles. The molecule has 1 rings (SSSR count). The third-order valence-electron chi connectivity index (χ3n) is 2.47. The summed E-state index contributed by atoms with van der Waals surface area (Å²) in [6, 6.07) is 0.997. The van der Waals surface area contributed by atoms with E-state index < -0.39 is 11.8 Å². The molecule has 0 atom stereocenters. The fourth-order valence-corrected chi connectivity index (χ4v) is 1.45. The Labute approximate surface area is 100 Å². The maximum atomic E-state index is 12.9. The molecule has 5 heteroatoms. The van der Waals surface area contributed by atoms with Crippen LogP contribution in [0.5, 0.6) is 0 Å². The zero-order chi connectivity index (χ0) is 13.0. The van der Waals surface area contributed by atoms with Crippen LogP contribution in [-0.2, 0) is 0 Å². The van der Waals surface area contributed by atoms with Crippen molar-refractivity contribution in [1.82, 2.24) is 4.98 Å². The molecule has 1 N–H and O–H groups in total. The van der Waals surface area contributed by atoms with E-state index in [9.17, 15) is 9.18 Å². The van der Waals surface area contributed by atoms with Crippen molar-refractivity contribution in [1.29, 1.82) is 0 Å². The lowest BCUT2D eigenvalue weighted by Gasteiger charge is -2.20. The van der Waals surface area contributed by atoms with Crippen molar-refractivity contribution in [3.8, 4) is 0 Å². The Bertz CT molecular complexity index is 407. The Morgan fingerprint density at radius 3 is 2.76 bits per heavy atom. The van der Waals surface area contributed by atoms with E-state index >= 15 is 0 Å². The van der Waals surface area contributed by atoms with Crippen LogP contribution in [0.3, 0.4) is 0 Å². The molecule has 0 radical (unpaired) electrons. The molecule has 0 bridgehead atoms. The van der Waals surface area contributed by atoms with Crippen molar-refractivity contribution in [2.24, 2.45) is 5.92 Å². The number of hydrogen-bond acceptors (Lipinski definition) is 3. The Kier molecular flexibility index (Phi) is 4.43. The molecular formula is C12H17FN2O2. The lowest BCUT2D eigenvalue weighted by Crippen LogP contribution is -2.23. The number of hydrogen-bond donors (Lipinski definition) is 1. The number of aromatic nitrogens is 1. The predicted octanol–water partition coefficient (Wildman–Crippen LogP) is 2.40. The monoisotopic (exact) mass is 240 g/mol.